The fourth-order valence-electron chi connectivity index (χ4n) is 2.93. The summed E-state index contributed by atoms with van der Waals surface area (Å²) in [6, 6.07) is 17.0. The third-order valence-electron chi connectivity index (χ3n) is 4.60. The van der Waals surface area contributed by atoms with E-state index in [4.69, 9.17) is 10.6 Å². The molecule has 0 atom stereocenters. The highest BCUT2D eigenvalue weighted by atomic mass is 35.5. The minimum Gasteiger partial charge on any atom is -0.493 e. The van der Waals surface area contributed by atoms with E-state index < -0.39 is 0 Å². The van der Waals surface area contributed by atoms with E-state index in [0.717, 1.165) is 49.2 Å². The lowest BCUT2D eigenvalue weighted by Gasteiger charge is -2.13. The number of hydrazine groups is 1. The van der Waals surface area contributed by atoms with E-state index in [-0.39, 0.29) is 12.4 Å². The van der Waals surface area contributed by atoms with Gasteiger partial charge < -0.3 is 4.74 Å². The Morgan fingerprint density at radius 1 is 1.00 bits per heavy atom. The Kier molecular flexibility index (Phi) is 5.61. The molecule has 0 radical (unpaired) electrons. The van der Waals surface area contributed by atoms with Gasteiger partial charge in [-0.15, -0.1) is 12.4 Å². The van der Waals surface area contributed by atoms with Gasteiger partial charge in [-0.25, -0.2) is 5.84 Å². The second kappa shape index (κ2) is 7.89. The quantitative estimate of drug-likeness (QED) is 0.806. The van der Waals surface area contributed by atoms with E-state index in [2.05, 4.69) is 53.5 Å². The van der Waals surface area contributed by atoms with Gasteiger partial charge >= 0.3 is 0 Å². The number of hydrogen-bond donors (Lipinski definition) is 1. The van der Waals surface area contributed by atoms with Gasteiger partial charge in [-0.05, 0) is 48.4 Å². The van der Waals surface area contributed by atoms with Gasteiger partial charge in [0.1, 0.15) is 11.6 Å². The third kappa shape index (κ3) is 4.53. The average molecular weight is 358 g/mol. The second-order valence-electron chi connectivity index (χ2n) is 6.67. The van der Waals surface area contributed by atoms with Crippen molar-refractivity contribution in [3.05, 3.63) is 65.2 Å². The second-order valence-corrected chi connectivity index (χ2v) is 6.67. The zero-order chi connectivity index (χ0) is 16.4. The molecule has 2 N–H and O–H groups in total. The van der Waals surface area contributed by atoms with Crippen molar-refractivity contribution >= 4 is 18.2 Å². The van der Waals surface area contributed by atoms with Gasteiger partial charge in [0.2, 0.25) is 0 Å². The molecule has 4 nitrogen and oxygen atoms in total. The van der Waals surface area contributed by atoms with E-state index in [9.17, 15) is 0 Å². The maximum Gasteiger partial charge on any atom is 0.145 e. The molecule has 2 aliphatic rings. The van der Waals surface area contributed by atoms with E-state index in [0.29, 0.717) is 0 Å². The maximum absolute atomic E-state index is 5.92. The summed E-state index contributed by atoms with van der Waals surface area (Å²) in [5.41, 5.74) is 3.66. The van der Waals surface area contributed by atoms with Gasteiger partial charge in [0.15, 0.2) is 0 Å². The van der Waals surface area contributed by atoms with Gasteiger partial charge in [0.25, 0.3) is 0 Å². The number of rotatable bonds is 6. The molecule has 0 spiro atoms. The zero-order valence-corrected chi connectivity index (χ0v) is 15.0. The van der Waals surface area contributed by atoms with E-state index >= 15 is 0 Å². The monoisotopic (exact) mass is 357 g/mol. The average Bonchev–Trinajstić information content (AvgIpc) is 3.35. The van der Waals surface area contributed by atoms with Crippen LogP contribution in [0.25, 0.3) is 0 Å². The Morgan fingerprint density at radius 3 is 2.20 bits per heavy atom. The van der Waals surface area contributed by atoms with Crippen molar-refractivity contribution in [1.82, 2.24) is 5.01 Å². The van der Waals surface area contributed by atoms with E-state index in [1.54, 1.807) is 5.01 Å². The Balaban J connectivity index is 0.00000182. The van der Waals surface area contributed by atoms with Gasteiger partial charge in [-0.3, -0.25) is 10.0 Å². The van der Waals surface area contributed by atoms with Crippen molar-refractivity contribution in [2.45, 2.75) is 19.3 Å². The highest BCUT2D eigenvalue weighted by Crippen LogP contribution is 2.29. The van der Waals surface area contributed by atoms with E-state index in [1.165, 1.54) is 24.0 Å². The molecule has 0 amide bonds. The van der Waals surface area contributed by atoms with Crippen molar-refractivity contribution in [3.63, 3.8) is 0 Å². The summed E-state index contributed by atoms with van der Waals surface area (Å²) in [7, 11) is 0. The topological polar surface area (TPSA) is 50.8 Å². The number of halogens is 1. The van der Waals surface area contributed by atoms with Crippen LogP contribution in [0.5, 0.6) is 5.75 Å². The Morgan fingerprint density at radius 2 is 1.64 bits per heavy atom. The number of benzene rings is 2. The molecule has 1 fully saturated rings. The van der Waals surface area contributed by atoms with Crippen molar-refractivity contribution in [3.8, 4) is 5.75 Å². The number of nitrogens with two attached hydrogens (primary N) is 1. The number of nitrogens with zero attached hydrogens (tertiary/aromatic N) is 2. The molecule has 5 heteroatoms. The third-order valence-corrected chi connectivity index (χ3v) is 4.60. The predicted octanol–water partition coefficient (Wildman–Crippen LogP) is 3.42. The summed E-state index contributed by atoms with van der Waals surface area (Å²) in [5.74, 6) is 8.58. The van der Waals surface area contributed by atoms with Crippen LogP contribution in [0.15, 0.2) is 53.5 Å². The summed E-state index contributed by atoms with van der Waals surface area (Å²) in [4.78, 5) is 4.45. The van der Waals surface area contributed by atoms with Crippen LogP contribution in [0.1, 0.15) is 29.5 Å². The molecule has 2 aromatic rings. The summed E-state index contributed by atoms with van der Waals surface area (Å²) in [6.07, 6.45) is 3.56. The first-order valence-electron chi connectivity index (χ1n) is 8.66. The molecule has 1 aliphatic carbocycles. The molecule has 2 aromatic carbocycles. The molecule has 0 unspecified atom stereocenters. The summed E-state index contributed by atoms with van der Waals surface area (Å²) in [5, 5.41) is 1.72. The molecule has 0 bridgehead atoms. The highest BCUT2D eigenvalue weighted by Gasteiger charge is 2.21. The highest BCUT2D eigenvalue weighted by molar-refractivity contribution is 5.99. The van der Waals surface area contributed by atoms with Gasteiger partial charge in [-0.1, -0.05) is 36.4 Å². The summed E-state index contributed by atoms with van der Waals surface area (Å²) < 4.78 is 5.79. The fraction of sp³-hybridized carbons (Fsp3) is 0.350. The lowest BCUT2D eigenvalue weighted by Crippen LogP contribution is -2.34. The minimum atomic E-state index is 0. The summed E-state index contributed by atoms with van der Waals surface area (Å²) >= 11 is 0. The van der Waals surface area contributed by atoms with Gasteiger partial charge in [0.05, 0.1) is 19.7 Å². The first-order chi connectivity index (χ1) is 11.8. The van der Waals surface area contributed by atoms with Crippen LogP contribution in [-0.2, 0) is 6.42 Å². The standard InChI is InChI=1S/C20H23N3O.ClH/c21-23-12-11-22-20(23)18-7-3-15(4-8-18)13-16-5-9-19(10-6-16)24-14-17-1-2-17;/h3-10,17H,1-2,11-14,21H2;1H. The van der Waals surface area contributed by atoms with Gasteiger partial charge in [0, 0.05) is 5.56 Å². The molecule has 1 aliphatic heterocycles. The molecule has 0 aromatic heterocycles. The van der Waals surface area contributed by atoms with Crippen LogP contribution in [0.4, 0.5) is 0 Å². The Hall–Kier alpha value is -2.04. The molecule has 25 heavy (non-hydrogen) atoms. The predicted molar refractivity (Wildman–Crippen MR) is 103 cm³/mol. The fourth-order valence-corrected chi connectivity index (χ4v) is 2.93. The molecule has 1 saturated carbocycles. The van der Waals surface area contributed by atoms with Crippen LogP contribution < -0.4 is 10.6 Å². The van der Waals surface area contributed by atoms with Crippen LogP contribution in [-0.4, -0.2) is 30.5 Å². The smallest absolute Gasteiger partial charge is 0.145 e. The SMILES string of the molecule is Cl.NN1CCN=C1c1ccc(Cc2ccc(OCC3CC3)cc2)cc1. The lowest BCUT2D eigenvalue weighted by atomic mass is 10.0. The van der Waals surface area contributed by atoms with E-state index in [1.807, 2.05) is 0 Å². The zero-order valence-electron chi connectivity index (χ0n) is 14.2. The molecule has 1 heterocycles. The first kappa shape index (κ1) is 17.8. The van der Waals surface area contributed by atoms with Crippen LogP contribution >= 0.6 is 12.4 Å². The Bertz CT molecular complexity index is 724. The number of aliphatic imine (C=N–C) groups is 1. The van der Waals surface area contributed by atoms with Crippen molar-refractivity contribution < 1.29 is 4.74 Å². The number of hydrogen-bond acceptors (Lipinski definition) is 4. The molecule has 132 valence electrons. The normalized spacial score (nSPS) is 16.4. The maximum atomic E-state index is 5.92. The van der Waals surface area contributed by atoms with Gasteiger partial charge in [-0.2, -0.15) is 0 Å². The molecule has 0 saturated heterocycles. The summed E-state index contributed by atoms with van der Waals surface area (Å²) in [6.45, 7) is 2.44. The van der Waals surface area contributed by atoms with Crippen LogP contribution in [0, 0.1) is 5.92 Å². The molecular weight excluding hydrogens is 334 g/mol. The van der Waals surface area contributed by atoms with Crippen LogP contribution in [0.3, 0.4) is 0 Å². The first-order valence-corrected chi connectivity index (χ1v) is 8.66. The Labute approximate surface area is 155 Å². The number of amidine groups is 1. The minimum absolute atomic E-state index is 0. The number of ether oxygens (including phenoxy) is 1. The van der Waals surface area contributed by atoms with Crippen molar-refractivity contribution in [2.75, 3.05) is 19.7 Å². The molecular formula is C20H24ClN3O. The van der Waals surface area contributed by atoms with Crippen molar-refractivity contribution in [1.29, 1.82) is 0 Å². The van der Waals surface area contributed by atoms with Crippen LogP contribution in [0.2, 0.25) is 0 Å². The van der Waals surface area contributed by atoms with Crippen molar-refractivity contribution in [2.24, 2.45) is 16.8 Å². The largest absolute Gasteiger partial charge is 0.493 e. The molecule has 4 rings (SSSR count). The lowest BCUT2D eigenvalue weighted by molar-refractivity contribution is 0.299.